The van der Waals surface area contributed by atoms with Crippen molar-refractivity contribution in [1.82, 2.24) is 9.62 Å². The van der Waals surface area contributed by atoms with Gasteiger partial charge in [-0.25, -0.2) is 13.1 Å². The van der Waals surface area contributed by atoms with Gasteiger partial charge in [0.15, 0.2) is 0 Å². The number of hydrogen-bond acceptors (Lipinski definition) is 3. The summed E-state index contributed by atoms with van der Waals surface area (Å²) in [4.78, 5) is 2.05. The van der Waals surface area contributed by atoms with Crippen molar-refractivity contribution in [2.45, 2.75) is 26.3 Å². The highest BCUT2D eigenvalue weighted by molar-refractivity contribution is 9.10. The molecule has 0 saturated carbocycles. The molecule has 0 aromatic heterocycles. The minimum atomic E-state index is -3.14. The maximum atomic E-state index is 11.2. The number of nitrogens with zero attached hydrogens (tertiary/aromatic N) is 1. The minimum Gasteiger partial charge on any atom is -0.305 e. The van der Waals surface area contributed by atoms with Gasteiger partial charge in [-0.2, -0.15) is 0 Å². The summed E-state index contributed by atoms with van der Waals surface area (Å²) in [5.74, 6) is 0.561. The fourth-order valence-electron chi connectivity index (χ4n) is 1.28. The van der Waals surface area contributed by atoms with Gasteiger partial charge in [-0.15, -0.1) is 0 Å². The Morgan fingerprint density at radius 3 is 2.20 bits per heavy atom. The van der Waals surface area contributed by atoms with E-state index in [4.69, 9.17) is 0 Å². The van der Waals surface area contributed by atoms with Crippen LogP contribution in [0.15, 0.2) is 0 Å². The Morgan fingerprint density at radius 2 is 1.87 bits per heavy atom. The Balaban J connectivity index is 4.19. The number of halogens is 1. The largest absolute Gasteiger partial charge is 0.305 e. The highest BCUT2D eigenvalue weighted by atomic mass is 79.9. The smallest absolute Gasteiger partial charge is 0.221 e. The molecule has 0 aromatic rings. The first-order valence-corrected chi connectivity index (χ1v) is 7.75. The summed E-state index contributed by atoms with van der Waals surface area (Å²) >= 11 is 2.94. The molecule has 1 N–H and O–H groups in total. The lowest BCUT2D eigenvalue weighted by Gasteiger charge is -2.25. The van der Waals surface area contributed by atoms with Crippen LogP contribution in [-0.4, -0.2) is 44.7 Å². The fourth-order valence-corrected chi connectivity index (χ4v) is 2.29. The molecule has 0 aliphatic rings. The van der Waals surface area contributed by atoms with E-state index in [9.17, 15) is 8.42 Å². The number of alkyl halides is 1. The van der Waals surface area contributed by atoms with E-state index < -0.39 is 10.0 Å². The lowest BCUT2D eigenvalue weighted by molar-refractivity contribution is 0.255. The number of likely N-dealkylation sites (N-methyl/N-ethyl adjacent to an activating group) is 1. The Labute approximate surface area is 102 Å². The Hall–Kier alpha value is 0.350. The highest BCUT2D eigenvalue weighted by Crippen LogP contribution is 2.08. The van der Waals surface area contributed by atoms with Crippen LogP contribution in [0.25, 0.3) is 0 Å². The molecule has 4 nitrogen and oxygen atoms in total. The third kappa shape index (κ3) is 7.27. The molecule has 1 atom stereocenters. The molecule has 0 bridgehead atoms. The van der Waals surface area contributed by atoms with Gasteiger partial charge in [-0.3, -0.25) is 0 Å². The van der Waals surface area contributed by atoms with Crippen molar-refractivity contribution in [3.05, 3.63) is 0 Å². The predicted octanol–water partition coefficient (Wildman–Crippen LogP) is 1.23. The van der Waals surface area contributed by atoms with E-state index in [1.165, 1.54) is 0 Å². The summed E-state index contributed by atoms with van der Waals surface area (Å²) in [6, 6.07) is 0.249. The number of rotatable bonds is 7. The van der Waals surface area contributed by atoms with E-state index in [-0.39, 0.29) is 10.7 Å². The summed E-state index contributed by atoms with van der Waals surface area (Å²) in [5.41, 5.74) is 0. The van der Waals surface area contributed by atoms with E-state index in [2.05, 4.69) is 39.4 Å². The average molecular weight is 301 g/mol. The molecule has 0 amide bonds. The molecule has 0 radical (unpaired) electrons. The molecule has 0 rings (SSSR count). The van der Waals surface area contributed by atoms with Gasteiger partial charge in [0.2, 0.25) is 10.0 Å². The monoisotopic (exact) mass is 300 g/mol. The van der Waals surface area contributed by atoms with Gasteiger partial charge in [-0.05, 0) is 26.4 Å². The predicted molar refractivity (Wildman–Crippen MR) is 67.6 cm³/mol. The summed E-state index contributed by atoms with van der Waals surface area (Å²) in [5, 5.41) is 0. The molecular formula is C9H21BrN2O2S. The van der Waals surface area contributed by atoms with E-state index >= 15 is 0 Å². The summed E-state index contributed by atoms with van der Waals surface area (Å²) in [6.07, 6.45) is 0.984. The van der Waals surface area contributed by atoms with Gasteiger partial charge < -0.3 is 4.90 Å². The van der Waals surface area contributed by atoms with Crippen LogP contribution >= 0.6 is 15.9 Å². The van der Waals surface area contributed by atoms with Crippen LogP contribution in [0.1, 0.15) is 20.3 Å². The Morgan fingerprint density at radius 1 is 1.33 bits per heavy atom. The zero-order chi connectivity index (χ0) is 12.1. The van der Waals surface area contributed by atoms with E-state index in [0.29, 0.717) is 12.5 Å². The lowest BCUT2D eigenvalue weighted by atomic mass is 10.0. The van der Waals surface area contributed by atoms with E-state index in [1.54, 1.807) is 0 Å². The molecule has 0 spiro atoms. The van der Waals surface area contributed by atoms with Gasteiger partial charge >= 0.3 is 0 Å². The third-order valence-corrected chi connectivity index (χ3v) is 4.86. The second-order valence-corrected chi connectivity index (χ2v) is 7.43. The highest BCUT2D eigenvalue weighted by Gasteiger charge is 2.16. The molecule has 0 aliphatic carbocycles. The van der Waals surface area contributed by atoms with E-state index in [0.717, 1.165) is 6.42 Å². The van der Waals surface area contributed by atoms with Crippen molar-refractivity contribution >= 4 is 26.0 Å². The zero-order valence-corrected chi connectivity index (χ0v) is 12.2. The van der Waals surface area contributed by atoms with E-state index in [1.807, 2.05) is 14.1 Å². The second-order valence-electron chi connectivity index (χ2n) is 4.32. The molecule has 92 valence electrons. The Kier molecular flexibility index (Phi) is 6.99. The number of nitrogens with one attached hydrogen (secondary N) is 1. The maximum Gasteiger partial charge on any atom is 0.221 e. The van der Waals surface area contributed by atoms with Crippen molar-refractivity contribution in [2.75, 3.05) is 25.3 Å². The minimum absolute atomic E-state index is 0.0399. The van der Waals surface area contributed by atoms with Crippen molar-refractivity contribution in [1.29, 1.82) is 0 Å². The van der Waals surface area contributed by atoms with Crippen LogP contribution in [0, 0.1) is 5.92 Å². The fraction of sp³-hybridized carbons (Fsp3) is 1.00. The molecule has 1 unspecified atom stereocenters. The van der Waals surface area contributed by atoms with Crippen molar-refractivity contribution < 1.29 is 8.42 Å². The number of sulfonamides is 1. The summed E-state index contributed by atoms with van der Waals surface area (Å²) in [7, 11) is 0.792. The molecule has 0 saturated heterocycles. The van der Waals surface area contributed by atoms with Gasteiger partial charge in [0.25, 0.3) is 0 Å². The van der Waals surface area contributed by atoms with Crippen molar-refractivity contribution in [3.63, 3.8) is 0 Å². The van der Waals surface area contributed by atoms with Gasteiger partial charge in [-0.1, -0.05) is 29.8 Å². The normalized spacial score (nSPS) is 14.9. The van der Waals surface area contributed by atoms with Gasteiger partial charge in [0.05, 0.1) is 0 Å². The quantitative estimate of drug-likeness (QED) is 0.720. The Bertz CT molecular complexity index is 265. The first-order valence-electron chi connectivity index (χ1n) is 4.98. The van der Waals surface area contributed by atoms with Crippen molar-refractivity contribution in [2.24, 2.45) is 5.92 Å². The second kappa shape index (κ2) is 6.83. The molecule has 15 heavy (non-hydrogen) atoms. The van der Waals surface area contributed by atoms with Gasteiger partial charge in [0, 0.05) is 12.6 Å². The SMILES string of the molecule is CC(C)CC(CNS(=O)(=O)CBr)N(C)C. The topological polar surface area (TPSA) is 49.4 Å². The number of hydrogen-bond donors (Lipinski definition) is 1. The van der Waals surface area contributed by atoms with Crippen LogP contribution in [-0.2, 0) is 10.0 Å². The third-order valence-electron chi connectivity index (χ3n) is 2.16. The molecule has 0 aliphatic heterocycles. The summed E-state index contributed by atoms with van der Waals surface area (Å²) in [6.45, 7) is 4.74. The van der Waals surface area contributed by atoms with Crippen LogP contribution in [0.2, 0.25) is 0 Å². The average Bonchev–Trinajstić information content (AvgIpc) is 2.11. The van der Waals surface area contributed by atoms with Crippen LogP contribution < -0.4 is 4.72 Å². The van der Waals surface area contributed by atoms with Gasteiger partial charge in [0.1, 0.15) is 4.66 Å². The molecular weight excluding hydrogens is 280 g/mol. The standard InChI is InChI=1S/C9H21BrN2O2S/c1-8(2)5-9(12(3)4)6-11-15(13,14)7-10/h8-9,11H,5-7H2,1-4H3. The molecule has 0 aromatic carbocycles. The summed E-state index contributed by atoms with van der Waals surface area (Å²) < 4.78 is 25.0. The first kappa shape index (κ1) is 15.3. The van der Waals surface area contributed by atoms with Crippen LogP contribution in [0.4, 0.5) is 0 Å². The molecule has 0 fully saturated rings. The van der Waals surface area contributed by atoms with Crippen LogP contribution in [0.5, 0.6) is 0 Å². The first-order chi connectivity index (χ1) is 6.78. The zero-order valence-electron chi connectivity index (χ0n) is 9.83. The van der Waals surface area contributed by atoms with Crippen LogP contribution in [0.3, 0.4) is 0 Å². The maximum absolute atomic E-state index is 11.2. The molecule has 6 heteroatoms. The molecule has 0 heterocycles. The van der Waals surface area contributed by atoms with Crippen molar-refractivity contribution in [3.8, 4) is 0 Å². The lowest BCUT2D eigenvalue weighted by Crippen LogP contribution is -2.41.